The summed E-state index contributed by atoms with van der Waals surface area (Å²) in [6.07, 6.45) is 0. The summed E-state index contributed by atoms with van der Waals surface area (Å²) >= 11 is 1.24. The van der Waals surface area contributed by atoms with E-state index in [1.54, 1.807) is 7.05 Å². The number of rotatable bonds is 3. The third-order valence-corrected chi connectivity index (χ3v) is 1.96. The van der Waals surface area contributed by atoms with Crippen molar-refractivity contribution in [1.29, 1.82) is 0 Å². The number of likely N-dealkylation sites (N-methyl/N-ethyl adjacent to an activating group) is 1. The van der Waals surface area contributed by atoms with E-state index in [4.69, 9.17) is 5.11 Å². The normalized spacial score (nSPS) is 9.69. The first-order chi connectivity index (χ1) is 6.24. The molecule has 2 amide bonds. The summed E-state index contributed by atoms with van der Waals surface area (Å²) in [6.45, 7) is 0.241. The van der Waals surface area contributed by atoms with Crippen molar-refractivity contribution in [2.24, 2.45) is 0 Å². The number of hydrogen-bond acceptors (Lipinski definition) is 5. The third kappa shape index (κ3) is 2.96. The fraction of sp³-hybridized carbons (Fsp3) is 0.500. The molecule has 72 valence electrons. The molecule has 0 aliphatic heterocycles. The van der Waals surface area contributed by atoms with Crippen LogP contribution in [0, 0.1) is 0 Å². The van der Waals surface area contributed by atoms with Crippen molar-refractivity contribution >= 4 is 22.5 Å². The van der Waals surface area contributed by atoms with Crippen LogP contribution >= 0.6 is 11.3 Å². The number of urea groups is 1. The summed E-state index contributed by atoms with van der Waals surface area (Å²) in [6, 6.07) is -0.300. The maximum atomic E-state index is 11.2. The van der Waals surface area contributed by atoms with E-state index in [0.29, 0.717) is 11.7 Å². The fourth-order valence-corrected chi connectivity index (χ4v) is 1.10. The van der Waals surface area contributed by atoms with Crippen LogP contribution in [0.4, 0.5) is 9.93 Å². The second-order valence-electron chi connectivity index (χ2n) is 2.32. The van der Waals surface area contributed by atoms with Crippen LogP contribution in [-0.2, 0) is 0 Å². The molecule has 0 aliphatic carbocycles. The van der Waals surface area contributed by atoms with Gasteiger partial charge in [0.15, 0.2) is 0 Å². The number of nitrogens with zero attached hydrogens (tertiary/aromatic N) is 3. The topological polar surface area (TPSA) is 78.4 Å². The number of aliphatic hydroxyl groups is 1. The van der Waals surface area contributed by atoms with Crippen molar-refractivity contribution in [3.63, 3.8) is 0 Å². The average molecular weight is 202 g/mol. The minimum atomic E-state index is -0.300. The highest BCUT2D eigenvalue weighted by atomic mass is 32.1. The lowest BCUT2D eigenvalue weighted by molar-refractivity contribution is 0.202. The number of nitrogens with one attached hydrogen (secondary N) is 1. The lowest BCUT2D eigenvalue weighted by Gasteiger charge is -2.14. The molecule has 0 aromatic carbocycles. The Morgan fingerprint density at radius 1 is 1.85 bits per heavy atom. The highest BCUT2D eigenvalue weighted by Gasteiger charge is 2.08. The molecular formula is C6H10N4O2S. The molecule has 0 saturated carbocycles. The monoisotopic (exact) mass is 202 g/mol. The first kappa shape index (κ1) is 9.87. The minimum Gasteiger partial charge on any atom is -0.395 e. The molecule has 0 radical (unpaired) electrons. The molecule has 13 heavy (non-hydrogen) atoms. The van der Waals surface area contributed by atoms with Crippen LogP contribution in [0.25, 0.3) is 0 Å². The molecule has 6 nitrogen and oxygen atoms in total. The van der Waals surface area contributed by atoms with Gasteiger partial charge in [0.1, 0.15) is 5.51 Å². The van der Waals surface area contributed by atoms with Crippen molar-refractivity contribution in [3.8, 4) is 0 Å². The maximum absolute atomic E-state index is 11.2. The molecule has 1 rings (SSSR count). The lowest BCUT2D eigenvalue weighted by Crippen LogP contribution is -2.33. The van der Waals surface area contributed by atoms with Crippen LogP contribution in [-0.4, -0.2) is 46.4 Å². The van der Waals surface area contributed by atoms with E-state index < -0.39 is 0 Å². The average Bonchev–Trinajstić information content (AvgIpc) is 2.57. The van der Waals surface area contributed by atoms with Gasteiger partial charge in [-0.15, -0.1) is 10.2 Å². The maximum Gasteiger partial charge on any atom is 0.323 e. The van der Waals surface area contributed by atoms with Gasteiger partial charge < -0.3 is 10.0 Å². The molecule has 2 N–H and O–H groups in total. The molecule has 0 spiro atoms. The zero-order chi connectivity index (χ0) is 9.68. The van der Waals surface area contributed by atoms with E-state index in [0.717, 1.165) is 0 Å². The predicted molar refractivity (Wildman–Crippen MR) is 48.6 cm³/mol. The van der Waals surface area contributed by atoms with Crippen molar-refractivity contribution in [3.05, 3.63) is 5.51 Å². The van der Waals surface area contributed by atoms with E-state index in [1.807, 2.05) is 0 Å². The highest BCUT2D eigenvalue weighted by molar-refractivity contribution is 7.13. The SMILES string of the molecule is CN(CCO)C(=O)Nc1nncs1. The molecule has 1 heterocycles. The van der Waals surface area contributed by atoms with Crippen LogP contribution in [0.3, 0.4) is 0 Å². The van der Waals surface area contributed by atoms with Gasteiger partial charge in [-0.2, -0.15) is 0 Å². The molecule has 7 heteroatoms. The Balaban J connectivity index is 2.41. The second-order valence-corrected chi connectivity index (χ2v) is 3.15. The number of amides is 2. The first-order valence-corrected chi connectivity index (χ1v) is 4.51. The Hall–Kier alpha value is -1.21. The van der Waals surface area contributed by atoms with Crippen molar-refractivity contribution < 1.29 is 9.90 Å². The quantitative estimate of drug-likeness (QED) is 0.722. The number of hydrogen-bond donors (Lipinski definition) is 2. The first-order valence-electron chi connectivity index (χ1n) is 3.63. The second kappa shape index (κ2) is 4.73. The van der Waals surface area contributed by atoms with Crippen LogP contribution in [0.15, 0.2) is 5.51 Å². The van der Waals surface area contributed by atoms with Gasteiger partial charge in [-0.05, 0) is 0 Å². The van der Waals surface area contributed by atoms with Crippen LogP contribution in [0.1, 0.15) is 0 Å². The predicted octanol–water partition coefficient (Wildman–Crippen LogP) is -0.00590. The van der Waals surface area contributed by atoms with Crippen molar-refractivity contribution in [2.45, 2.75) is 0 Å². The Bertz CT molecular complexity index is 264. The fourth-order valence-electron chi connectivity index (χ4n) is 0.666. The number of aliphatic hydroxyl groups excluding tert-OH is 1. The van der Waals surface area contributed by atoms with E-state index in [1.165, 1.54) is 21.7 Å². The summed E-state index contributed by atoms with van der Waals surface area (Å²) in [5.74, 6) is 0. The van der Waals surface area contributed by atoms with E-state index in [-0.39, 0.29) is 12.6 Å². The zero-order valence-corrected chi connectivity index (χ0v) is 7.91. The number of aromatic nitrogens is 2. The molecule has 0 bridgehead atoms. The summed E-state index contributed by atoms with van der Waals surface area (Å²) < 4.78 is 0. The van der Waals surface area contributed by atoms with Gasteiger partial charge >= 0.3 is 6.03 Å². The molecule has 0 fully saturated rings. The minimum absolute atomic E-state index is 0.0555. The molecule has 0 saturated heterocycles. The van der Waals surface area contributed by atoms with E-state index in [9.17, 15) is 4.79 Å². The van der Waals surface area contributed by atoms with Crippen molar-refractivity contribution in [1.82, 2.24) is 15.1 Å². The Labute approximate surface area is 79.2 Å². The van der Waals surface area contributed by atoms with Gasteiger partial charge in [-0.25, -0.2) is 4.79 Å². The molecule has 1 aromatic rings. The van der Waals surface area contributed by atoms with Gasteiger partial charge in [0.25, 0.3) is 0 Å². The third-order valence-electron chi connectivity index (χ3n) is 1.36. The van der Waals surface area contributed by atoms with Crippen molar-refractivity contribution in [2.75, 3.05) is 25.5 Å². The Morgan fingerprint density at radius 2 is 2.62 bits per heavy atom. The lowest BCUT2D eigenvalue weighted by atomic mass is 10.6. The number of carbonyl (C=O) groups is 1. The van der Waals surface area contributed by atoms with Gasteiger partial charge in [-0.1, -0.05) is 11.3 Å². The molecule has 1 aromatic heterocycles. The summed E-state index contributed by atoms with van der Waals surface area (Å²) in [4.78, 5) is 12.6. The van der Waals surface area contributed by atoms with Crippen LogP contribution in [0.5, 0.6) is 0 Å². The summed E-state index contributed by atoms with van der Waals surface area (Å²) in [5, 5.41) is 18.8. The largest absolute Gasteiger partial charge is 0.395 e. The van der Waals surface area contributed by atoms with Gasteiger partial charge in [-0.3, -0.25) is 5.32 Å². The van der Waals surface area contributed by atoms with Crippen LogP contribution < -0.4 is 5.32 Å². The van der Waals surface area contributed by atoms with E-state index in [2.05, 4.69) is 15.5 Å². The number of carbonyl (C=O) groups excluding carboxylic acids is 1. The molecule has 0 unspecified atom stereocenters. The Morgan fingerprint density at radius 3 is 3.15 bits per heavy atom. The Kier molecular flexibility index (Phi) is 3.59. The molecule has 0 aliphatic rings. The zero-order valence-electron chi connectivity index (χ0n) is 7.10. The van der Waals surface area contributed by atoms with E-state index >= 15 is 0 Å². The van der Waals surface area contributed by atoms with Gasteiger partial charge in [0.2, 0.25) is 5.13 Å². The smallest absolute Gasteiger partial charge is 0.323 e. The summed E-state index contributed by atoms with van der Waals surface area (Å²) in [5.41, 5.74) is 1.53. The number of anilines is 1. The van der Waals surface area contributed by atoms with Gasteiger partial charge in [0, 0.05) is 13.6 Å². The molecular weight excluding hydrogens is 192 g/mol. The highest BCUT2D eigenvalue weighted by Crippen LogP contribution is 2.08. The van der Waals surface area contributed by atoms with Crippen LogP contribution in [0.2, 0.25) is 0 Å². The standard InChI is InChI=1S/C6H10N4O2S/c1-10(2-3-11)6(12)8-5-9-7-4-13-5/h4,11H,2-3H2,1H3,(H,8,9,12). The van der Waals surface area contributed by atoms with Gasteiger partial charge in [0.05, 0.1) is 6.61 Å². The molecule has 0 atom stereocenters. The summed E-state index contributed by atoms with van der Waals surface area (Å²) in [7, 11) is 1.59.